The quantitative estimate of drug-likeness (QED) is 0.897. The Balaban J connectivity index is 1.60. The highest BCUT2D eigenvalue weighted by molar-refractivity contribution is 7.91. The molecule has 1 N–H and O–H groups in total. The van der Waals surface area contributed by atoms with Gasteiger partial charge in [0.05, 0.1) is 11.5 Å². The van der Waals surface area contributed by atoms with Gasteiger partial charge < -0.3 is 9.84 Å². The second-order valence-electron chi connectivity index (χ2n) is 6.43. The third-order valence-electron chi connectivity index (χ3n) is 4.72. The molecule has 2 saturated heterocycles. The highest BCUT2D eigenvalue weighted by atomic mass is 32.2. The largest absolute Gasteiger partial charge is 0.339 e. The molecule has 0 saturated carbocycles. The summed E-state index contributed by atoms with van der Waals surface area (Å²) in [4.78, 5) is 4.43. The highest BCUT2D eigenvalue weighted by Gasteiger charge is 2.32. The monoisotopic (exact) mass is 313 g/mol. The second kappa shape index (κ2) is 6.04. The van der Waals surface area contributed by atoms with Crippen molar-refractivity contribution in [2.45, 2.75) is 38.5 Å². The number of nitrogens with one attached hydrogen (secondary N) is 1. The lowest BCUT2D eigenvalue weighted by Gasteiger charge is -2.27. The Morgan fingerprint density at radius 2 is 2.29 bits per heavy atom. The van der Waals surface area contributed by atoms with Crippen molar-refractivity contribution in [3.63, 3.8) is 0 Å². The van der Waals surface area contributed by atoms with Crippen LogP contribution in [0.1, 0.15) is 43.8 Å². The average Bonchev–Trinajstić information content (AvgIpc) is 3.06. The van der Waals surface area contributed by atoms with E-state index in [0.29, 0.717) is 30.0 Å². The molecule has 0 bridgehead atoms. The molecular formula is C14H23N3O3S. The molecule has 0 spiro atoms. The summed E-state index contributed by atoms with van der Waals surface area (Å²) < 4.78 is 28.4. The molecule has 3 atom stereocenters. The van der Waals surface area contributed by atoms with Crippen molar-refractivity contribution >= 4 is 9.84 Å². The first-order chi connectivity index (χ1) is 10.0. The molecule has 0 aliphatic carbocycles. The third kappa shape index (κ3) is 3.63. The van der Waals surface area contributed by atoms with Crippen molar-refractivity contribution in [3.05, 3.63) is 11.7 Å². The molecule has 3 rings (SSSR count). The Morgan fingerprint density at radius 1 is 1.43 bits per heavy atom. The lowest BCUT2D eigenvalue weighted by Crippen LogP contribution is -2.33. The van der Waals surface area contributed by atoms with Gasteiger partial charge in [-0.2, -0.15) is 4.98 Å². The Labute approximate surface area is 125 Å². The summed E-state index contributed by atoms with van der Waals surface area (Å²) in [5.74, 6) is 2.69. The molecule has 118 valence electrons. The topological polar surface area (TPSA) is 85.1 Å². The van der Waals surface area contributed by atoms with Crippen LogP contribution < -0.4 is 5.32 Å². The fraction of sp³-hybridized carbons (Fsp3) is 0.857. The first kappa shape index (κ1) is 15.0. The molecule has 2 fully saturated rings. The van der Waals surface area contributed by atoms with E-state index in [9.17, 15) is 8.42 Å². The Bertz CT molecular complexity index is 578. The van der Waals surface area contributed by atoms with E-state index in [1.165, 1.54) is 12.8 Å². The molecule has 0 radical (unpaired) electrons. The van der Waals surface area contributed by atoms with E-state index in [4.69, 9.17) is 4.52 Å². The summed E-state index contributed by atoms with van der Waals surface area (Å²) in [5.41, 5.74) is 0. The van der Waals surface area contributed by atoms with E-state index >= 15 is 0 Å². The average molecular weight is 313 g/mol. The molecule has 3 heterocycles. The number of rotatable bonds is 4. The molecule has 0 aromatic carbocycles. The van der Waals surface area contributed by atoms with Gasteiger partial charge in [0.25, 0.3) is 0 Å². The number of hydrogen-bond donors (Lipinski definition) is 1. The predicted molar refractivity (Wildman–Crippen MR) is 78.8 cm³/mol. The van der Waals surface area contributed by atoms with Crippen molar-refractivity contribution < 1.29 is 12.9 Å². The predicted octanol–water partition coefficient (Wildman–Crippen LogP) is 1.15. The number of aromatic nitrogens is 2. The van der Waals surface area contributed by atoms with Gasteiger partial charge in [0, 0.05) is 12.3 Å². The van der Waals surface area contributed by atoms with E-state index in [2.05, 4.69) is 22.4 Å². The smallest absolute Gasteiger partial charge is 0.226 e. The van der Waals surface area contributed by atoms with E-state index in [1.54, 1.807) is 0 Å². The van der Waals surface area contributed by atoms with Gasteiger partial charge in [0.15, 0.2) is 15.7 Å². The van der Waals surface area contributed by atoms with Crippen LogP contribution in [0.4, 0.5) is 0 Å². The minimum Gasteiger partial charge on any atom is -0.339 e. The van der Waals surface area contributed by atoms with Crippen molar-refractivity contribution in [2.75, 3.05) is 24.6 Å². The molecule has 1 aromatic heterocycles. The molecular weight excluding hydrogens is 290 g/mol. The maximum absolute atomic E-state index is 11.5. The van der Waals surface area contributed by atoms with Gasteiger partial charge in [-0.25, -0.2) is 8.42 Å². The van der Waals surface area contributed by atoms with Gasteiger partial charge in [-0.15, -0.1) is 0 Å². The fourth-order valence-corrected chi connectivity index (χ4v) is 5.06. The van der Waals surface area contributed by atoms with Gasteiger partial charge in [0.2, 0.25) is 5.89 Å². The van der Waals surface area contributed by atoms with Crippen LogP contribution in [0.25, 0.3) is 0 Å². The summed E-state index contributed by atoms with van der Waals surface area (Å²) in [6.07, 6.45) is 3.86. The van der Waals surface area contributed by atoms with Crippen LogP contribution in [0.3, 0.4) is 0 Å². The van der Waals surface area contributed by atoms with Crippen LogP contribution >= 0.6 is 0 Å². The summed E-state index contributed by atoms with van der Waals surface area (Å²) in [6, 6.07) is 0. The van der Waals surface area contributed by atoms with Gasteiger partial charge in [-0.05, 0) is 44.2 Å². The van der Waals surface area contributed by atoms with Crippen molar-refractivity contribution in [1.29, 1.82) is 0 Å². The normalized spacial score (nSPS) is 30.3. The van der Waals surface area contributed by atoms with E-state index in [-0.39, 0.29) is 17.4 Å². The number of sulfone groups is 1. The molecule has 7 heteroatoms. The second-order valence-corrected chi connectivity index (χ2v) is 8.66. The summed E-state index contributed by atoms with van der Waals surface area (Å²) in [7, 11) is -2.90. The van der Waals surface area contributed by atoms with Crippen molar-refractivity contribution in [1.82, 2.24) is 15.5 Å². The van der Waals surface area contributed by atoms with Gasteiger partial charge in [-0.3, -0.25) is 0 Å². The van der Waals surface area contributed by atoms with Gasteiger partial charge >= 0.3 is 0 Å². The molecule has 0 amide bonds. The van der Waals surface area contributed by atoms with Gasteiger partial charge in [-0.1, -0.05) is 12.1 Å². The SMILES string of the molecule is CC(Cc1nc(C2CCS(=O)(=O)C2)no1)C1CCCNC1. The Hall–Kier alpha value is -0.950. The maximum Gasteiger partial charge on any atom is 0.226 e. The summed E-state index contributed by atoms with van der Waals surface area (Å²) >= 11 is 0. The Kier molecular flexibility index (Phi) is 4.31. The third-order valence-corrected chi connectivity index (χ3v) is 6.49. The minimum absolute atomic E-state index is 0.0841. The summed E-state index contributed by atoms with van der Waals surface area (Å²) in [6.45, 7) is 4.40. The fourth-order valence-electron chi connectivity index (χ4n) is 3.32. The molecule has 1 aromatic rings. The molecule has 2 aliphatic rings. The standard InChI is InChI=1S/C14H23N3O3S/c1-10(11-3-2-5-15-8-11)7-13-16-14(17-20-13)12-4-6-21(18,19)9-12/h10-12,15H,2-9H2,1H3. The molecule has 21 heavy (non-hydrogen) atoms. The van der Waals surface area contributed by atoms with Crippen LogP contribution in [0.5, 0.6) is 0 Å². The minimum atomic E-state index is -2.90. The molecule has 2 aliphatic heterocycles. The molecule has 6 nitrogen and oxygen atoms in total. The lowest BCUT2D eigenvalue weighted by atomic mass is 9.85. The zero-order chi connectivity index (χ0) is 14.9. The maximum atomic E-state index is 11.5. The van der Waals surface area contributed by atoms with E-state index in [1.807, 2.05) is 0 Å². The van der Waals surface area contributed by atoms with E-state index in [0.717, 1.165) is 19.5 Å². The zero-order valence-corrected chi connectivity index (χ0v) is 13.2. The van der Waals surface area contributed by atoms with E-state index < -0.39 is 9.84 Å². The van der Waals surface area contributed by atoms with Crippen LogP contribution in [-0.4, -0.2) is 43.2 Å². The van der Waals surface area contributed by atoms with Crippen molar-refractivity contribution in [3.8, 4) is 0 Å². The van der Waals surface area contributed by atoms with Gasteiger partial charge in [0.1, 0.15) is 0 Å². The van der Waals surface area contributed by atoms with Crippen LogP contribution in [0, 0.1) is 11.8 Å². The number of nitrogens with zero attached hydrogens (tertiary/aromatic N) is 2. The zero-order valence-electron chi connectivity index (χ0n) is 12.4. The highest BCUT2D eigenvalue weighted by Crippen LogP contribution is 2.28. The van der Waals surface area contributed by atoms with Crippen LogP contribution in [0.15, 0.2) is 4.52 Å². The lowest BCUT2D eigenvalue weighted by molar-refractivity contribution is 0.256. The first-order valence-electron chi connectivity index (χ1n) is 7.77. The van der Waals surface area contributed by atoms with Crippen LogP contribution in [0.2, 0.25) is 0 Å². The number of piperidine rings is 1. The number of hydrogen-bond acceptors (Lipinski definition) is 6. The van der Waals surface area contributed by atoms with Crippen LogP contribution in [-0.2, 0) is 16.3 Å². The molecule has 3 unspecified atom stereocenters. The summed E-state index contributed by atoms with van der Waals surface area (Å²) in [5, 5.41) is 7.42. The first-order valence-corrected chi connectivity index (χ1v) is 9.59. The Morgan fingerprint density at radius 3 is 2.95 bits per heavy atom. The van der Waals surface area contributed by atoms with Crippen molar-refractivity contribution in [2.24, 2.45) is 11.8 Å².